The zero-order chi connectivity index (χ0) is 14.3. The number of carboxylic acids is 1. The summed E-state index contributed by atoms with van der Waals surface area (Å²) in [7, 11) is 0. The molecule has 0 saturated carbocycles. The van der Waals surface area contributed by atoms with Crippen LogP contribution in [0.1, 0.15) is 42.1 Å². The Kier molecular flexibility index (Phi) is 5.85. The average Bonchev–Trinajstić information content (AvgIpc) is 2.34. The van der Waals surface area contributed by atoms with Gasteiger partial charge in [-0.25, -0.2) is 9.59 Å². The number of hydrogen-bond donors (Lipinski definition) is 3. The Balaban J connectivity index is 2.64. The monoisotopic (exact) mass is 264 g/mol. The maximum Gasteiger partial charge on any atom is 0.338 e. The highest BCUT2D eigenvalue weighted by Crippen LogP contribution is 2.19. The number of aryl methyl sites for hydroxylation is 1. The second kappa shape index (κ2) is 7.41. The molecule has 2 amide bonds. The third-order valence-corrected chi connectivity index (χ3v) is 2.80. The van der Waals surface area contributed by atoms with E-state index in [4.69, 9.17) is 5.11 Å². The number of rotatable bonds is 6. The molecule has 5 nitrogen and oxygen atoms in total. The van der Waals surface area contributed by atoms with Crippen LogP contribution >= 0.6 is 0 Å². The number of amides is 2. The summed E-state index contributed by atoms with van der Waals surface area (Å²) in [5.74, 6) is -1.04. The molecule has 3 N–H and O–H groups in total. The molecule has 1 aromatic rings. The Hall–Kier alpha value is -2.04. The van der Waals surface area contributed by atoms with Crippen molar-refractivity contribution in [2.45, 2.75) is 33.1 Å². The lowest BCUT2D eigenvalue weighted by molar-refractivity contribution is 0.0697. The van der Waals surface area contributed by atoms with E-state index in [-0.39, 0.29) is 11.6 Å². The van der Waals surface area contributed by atoms with E-state index < -0.39 is 5.97 Å². The van der Waals surface area contributed by atoms with Crippen LogP contribution in [0.4, 0.5) is 10.5 Å². The lowest BCUT2D eigenvalue weighted by Crippen LogP contribution is -2.30. The Bertz CT molecular complexity index is 458. The van der Waals surface area contributed by atoms with Crippen LogP contribution in [-0.4, -0.2) is 23.7 Å². The van der Waals surface area contributed by atoms with E-state index in [1.165, 1.54) is 0 Å². The molecule has 0 bridgehead atoms. The van der Waals surface area contributed by atoms with Crippen LogP contribution in [0.3, 0.4) is 0 Å². The Labute approximate surface area is 113 Å². The number of urea groups is 1. The van der Waals surface area contributed by atoms with Gasteiger partial charge in [-0.15, -0.1) is 0 Å². The molecule has 0 aromatic heterocycles. The van der Waals surface area contributed by atoms with Crippen LogP contribution in [0.2, 0.25) is 0 Å². The number of hydrogen-bond acceptors (Lipinski definition) is 2. The number of carbonyl (C=O) groups is 2. The minimum atomic E-state index is -1.04. The third kappa shape index (κ3) is 4.62. The van der Waals surface area contributed by atoms with E-state index in [1.54, 1.807) is 25.1 Å². The van der Waals surface area contributed by atoms with Crippen molar-refractivity contribution in [3.8, 4) is 0 Å². The number of nitrogens with one attached hydrogen (secondary N) is 2. The predicted octanol–water partition coefficient (Wildman–Crippen LogP) is 3.00. The topological polar surface area (TPSA) is 78.4 Å². The van der Waals surface area contributed by atoms with E-state index in [0.717, 1.165) is 19.3 Å². The molecule has 0 aliphatic rings. The summed E-state index contributed by atoms with van der Waals surface area (Å²) >= 11 is 0. The van der Waals surface area contributed by atoms with Gasteiger partial charge in [-0.3, -0.25) is 0 Å². The van der Waals surface area contributed by atoms with Crippen molar-refractivity contribution in [1.29, 1.82) is 0 Å². The Morgan fingerprint density at radius 1 is 1.26 bits per heavy atom. The van der Waals surface area contributed by atoms with Gasteiger partial charge in [-0.2, -0.15) is 0 Å². The molecule has 19 heavy (non-hydrogen) atoms. The maximum atomic E-state index is 11.6. The van der Waals surface area contributed by atoms with Crippen LogP contribution in [0, 0.1) is 6.92 Å². The summed E-state index contributed by atoms with van der Waals surface area (Å²) in [5.41, 5.74) is 1.07. The summed E-state index contributed by atoms with van der Waals surface area (Å²) in [4.78, 5) is 22.8. The third-order valence-electron chi connectivity index (χ3n) is 2.80. The van der Waals surface area contributed by atoms with Gasteiger partial charge in [0, 0.05) is 6.54 Å². The lowest BCUT2D eigenvalue weighted by Gasteiger charge is -2.11. The molecule has 0 aliphatic carbocycles. The Morgan fingerprint density at radius 3 is 2.63 bits per heavy atom. The van der Waals surface area contributed by atoms with E-state index in [0.29, 0.717) is 17.8 Å². The second-order valence-electron chi connectivity index (χ2n) is 4.39. The number of benzene rings is 1. The second-order valence-corrected chi connectivity index (χ2v) is 4.39. The highest BCUT2D eigenvalue weighted by Gasteiger charge is 2.14. The first-order chi connectivity index (χ1) is 9.06. The normalized spacial score (nSPS) is 10.0. The van der Waals surface area contributed by atoms with Crippen molar-refractivity contribution in [2.75, 3.05) is 11.9 Å². The lowest BCUT2D eigenvalue weighted by atomic mass is 10.1. The fraction of sp³-hybridized carbons (Fsp3) is 0.429. The van der Waals surface area contributed by atoms with Crippen molar-refractivity contribution < 1.29 is 14.7 Å². The largest absolute Gasteiger partial charge is 0.478 e. The number of carboxylic acid groups (broad SMARTS) is 1. The zero-order valence-corrected chi connectivity index (χ0v) is 11.3. The van der Waals surface area contributed by atoms with E-state index in [9.17, 15) is 9.59 Å². The summed E-state index contributed by atoms with van der Waals surface area (Å²) in [5, 5.41) is 14.4. The van der Waals surface area contributed by atoms with Crippen LogP contribution in [-0.2, 0) is 0 Å². The molecule has 5 heteroatoms. The van der Waals surface area contributed by atoms with Gasteiger partial charge < -0.3 is 15.7 Å². The van der Waals surface area contributed by atoms with Gasteiger partial charge in [-0.05, 0) is 25.0 Å². The zero-order valence-electron chi connectivity index (χ0n) is 11.3. The fourth-order valence-electron chi connectivity index (χ4n) is 1.80. The number of unbranched alkanes of at least 4 members (excludes halogenated alkanes) is 2. The number of carbonyl (C=O) groups excluding carboxylic acids is 1. The molecule has 1 rings (SSSR count). The molecule has 0 radical (unpaired) electrons. The van der Waals surface area contributed by atoms with Crippen LogP contribution in [0.15, 0.2) is 18.2 Å². The summed E-state index contributed by atoms with van der Waals surface area (Å²) in [6.45, 7) is 4.38. The average molecular weight is 264 g/mol. The van der Waals surface area contributed by atoms with Crippen LogP contribution in [0.25, 0.3) is 0 Å². The SMILES string of the molecule is CCCCCNC(=O)Nc1cccc(C)c1C(=O)O. The van der Waals surface area contributed by atoms with Gasteiger partial charge >= 0.3 is 12.0 Å². The fourth-order valence-corrected chi connectivity index (χ4v) is 1.80. The number of aromatic carboxylic acids is 1. The summed E-state index contributed by atoms with van der Waals surface area (Å²) in [6, 6.07) is 4.63. The van der Waals surface area contributed by atoms with Crippen molar-refractivity contribution >= 4 is 17.7 Å². The van der Waals surface area contributed by atoms with Gasteiger partial charge in [0.15, 0.2) is 0 Å². The standard InChI is InChI=1S/C14H20N2O3/c1-3-4-5-9-15-14(19)16-11-8-6-7-10(2)12(11)13(17)18/h6-8H,3-5,9H2,1-2H3,(H,17,18)(H2,15,16,19). The molecular weight excluding hydrogens is 244 g/mol. The molecule has 0 fully saturated rings. The summed E-state index contributed by atoms with van der Waals surface area (Å²) in [6.07, 6.45) is 3.07. The smallest absolute Gasteiger partial charge is 0.338 e. The molecule has 104 valence electrons. The van der Waals surface area contributed by atoms with Gasteiger partial charge in [0.1, 0.15) is 0 Å². The van der Waals surface area contributed by atoms with E-state index in [2.05, 4.69) is 17.6 Å². The Morgan fingerprint density at radius 2 is 2.00 bits per heavy atom. The molecule has 0 saturated heterocycles. The van der Waals surface area contributed by atoms with Crippen LogP contribution < -0.4 is 10.6 Å². The first-order valence-corrected chi connectivity index (χ1v) is 6.44. The van der Waals surface area contributed by atoms with Gasteiger partial charge in [0.2, 0.25) is 0 Å². The van der Waals surface area contributed by atoms with Crippen molar-refractivity contribution in [1.82, 2.24) is 5.32 Å². The van der Waals surface area contributed by atoms with Gasteiger partial charge in [-0.1, -0.05) is 31.9 Å². The maximum absolute atomic E-state index is 11.6. The molecule has 0 unspecified atom stereocenters. The molecular formula is C14H20N2O3. The van der Waals surface area contributed by atoms with Crippen molar-refractivity contribution in [3.63, 3.8) is 0 Å². The number of anilines is 1. The molecule has 0 atom stereocenters. The van der Waals surface area contributed by atoms with E-state index >= 15 is 0 Å². The first-order valence-electron chi connectivity index (χ1n) is 6.44. The molecule has 0 spiro atoms. The minimum Gasteiger partial charge on any atom is -0.478 e. The molecule has 0 heterocycles. The van der Waals surface area contributed by atoms with Crippen molar-refractivity contribution in [2.24, 2.45) is 0 Å². The highest BCUT2D eigenvalue weighted by molar-refractivity contribution is 6.01. The summed E-state index contributed by atoms with van der Waals surface area (Å²) < 4.78 is 0. The minimum absolute atomic E-state index is 0.131. The molecule has 0 aliphatic heterocycles. The van der Waals surface area contributed by atoms with Gasteiger partial charge in [0.05, 0.1) is 11.3 Å². The van der Waals surface area contributed by atoms with Crippen molar-refractivity contribution in [3.05, 3.63) is 29.3 Å². The highest BCUT2D eigenvalue weighted by atomic mass is 16.4. The van der Waals surface area contributed by atoms with Crippen LogP contribution in [0.5, 0.6) is 0 Å². The van der Waals surface area contributed by atoms with Gasteiger partial charge in [0.25, 0.3) is 0 Å². The predicted molar refractivity (Wildman–Crippen MR) is 74.7 cm³/mol. The van der Waals surface area contributed by atoms with E-state index in [1.807, 2.05) is 0 Å². The molecule has 1 aromatic carbocycles. The first kappa shape index (κ1) is 15.0. The quantitative estimate of drug-likeness (QED) is 0.691.